The van der Waals surface area contributed by atoms with Crippen molar-refractivity contribution in [2.45, 2.75) is 84.7 Å². The van der Waals surface area contributed by atoms with Gasteiger partial charge in [-0.2, -0.15) is 0 Å². The zero-order valence-corrected chi connectivity index (χ0v) is 13.4. The first-order valence-corrected chi connectivity index (χ1v) is 8.53. The number of hydrogen-bond donors (Lipinski definition) is 0. The normalized spacial score (nSPS) is 18.6. The van der Waals surface area contributed by atoms with Gasteiger partial charge >= 0.3 is 0 Å². The molecule has 2 nitrogen and oxygen atoms in total. The van der Waals surface area contributed by atoms with E-state index >= 15 is 0 Å². The van der Waals surface area contributed by atoms with E-state index in [0.29, 0.717) is 6.17 Å². The summed E-state index contributed by atoms with van der Waals surface area (Å²) < 4.78 is 0. The highest BCUT2D eigenvalue weighted by atomic mass is 15.4. The highest BCUT2D eigenvalue weighted by molar-refractivity contribution is 4.96. The van der Waals surface area contributed by atoms with Crippen molar-refractivity contribution in [3.63, 3.8) is 0 Å². The van der Waals surface area contributed by atoms with Crippen LogP contribution in [0.1, 0.15) is 78.6 Å². The molecule has 1 aliphatic heterocycles. The van der Waals surface area contributed by atoms with E-state index in [1.165, 1.54) is 70.9 Å². The van der Waals surface area contributed by atoms with E-state index < -0.39 is 0 Å². The Hall–Kier alpha value is -0.660. The third kappa shape index (κ3) is 5.88. The highest BCUT2D eigenvalue weighted by Crippen LogP contribution is 2.22. The molecular formula is C17H34N2. The number of nitrogens with zero attached hydrogens (tertiary/aromatic N) is 2. The van der Waals surface area contributed by atoms with Crippen molar-refractivity contribution in [2.24, 2.45) is 0 Å². The van der Waals surface area contributed by atoms with E-state index in [-0.39, 0.29) is 0 Å². The molecule has 1 heterocycles. The predicted molar refractivity (Wildman–Crippen MR) is 84.9 cm³/mol. The molecule has 0 aromatic rings. The van der Waals surface area contributed by atoms with Crippen LogP contribution in [0.25, 0.3) is 0 Å². The maximum absolute atomic E-state index is 2.58. The van der Waals surface area contributed by atoms with E-state index in [0.717, 1.165) is 0 Å². The van der Waals surface area contributed by atoms with Crippen LogP contribution in [-0.2, 0) is 0 Å². The van der Waals surface area contributed by atoms with Crippen LogP contribution in [0.4, 0.5) is 0 Å². The summed E-state index contributed by atoms with van der Waals surface area (Å²) in [4.78, 5) is 5.16. The van der Waals surface area contributed by atoms with Gasteiger partial charge in [-0.15, -0.1) is 0 Å². The molecule has 0 saturated heterocycles. The number of unbranched alkanes of at least 4 members (excludes halogenated alkanes) is 5. The quantitative estimate of drug-likeness (QED) is 0.487. The lowest BCUT2D eigenvalue weighted by atomic mass is 10.1. The summed E-state index contributed by atoms with van der Waals surface area (Å²) in [5, 5.41) is 0. The molecule has 0 amide bonds. The number of rotatable bonds is 11. The van der Waals surface area contributed by atoms with Crippen molar-refractivity contribution >= 4 is 0 Å². The molecule has 0 aromatic carbocycles. The fraction of sp³-hybridized carbons (Fsp3) is 0.882. The Kier molecular flexibility index (Phi) is 8.77. The Morgan fingerprint density at radius 1 is 0.684 bits per heavy atom. The Morgan fingerprint density at radius 2 is 1.21 bits per heavy atom. The fourth-order valence-corrected chi connectivity index (χ4v) is 2.80. The van der Waals surface area contributed by atoms with Gasteiger partial charge in [0, 0.05) is 25.5 Å². The third-order valence-corrected chi connectivity index (χ3v) is 4.07. The molecular weight excluding hydrogens is 232 g/mol. The van der Waals surface area contributed by atoms with Gasteiger partial charge in [-0.1, -0.05) is 52.9 Å². The van der Waals surface area contributed by atoms with Crippen LogP contribution in [-0.4, -0.2) is 29.1 Å². The Labute approximate surface area is 120 Å². The second kappa shape index (κ2) is 10.2. The predicted octanol–water partition coefficient (Wildman–Crippen LogP) is 4.97. The second-order valence-corrected chi connectivity index (χ2v) is 5.81. The molecule has 0 radical (unpaired) electrons. The first-order valence-electron chi connectivity index (χ1n) is 8.53. The first-order chi connectivity index (χ1) is 9.33. The molecule has 112 valence electrons. The van der Waals surface area contributed by atoms with Gasteiger partial charge in [0.2, 0.25) is 0 Å². The minimum absolute atomic E-state index is 0.648. The average molecular weight is 266 g/mol. The van der Waals surface area contributed by atoms with Crippen LogP contribution >= 0.6 is 0 Å². The molecule has 0 bridgehead atoms. The SMILES string of the molecule is CCCCCC1N(CCCC)C=CN1CCCCC. The summed E-state index contributed by atoms with van der Waals surface area (Å²) in [5.41, 5.74) is 0. The summed E-state index contributed by atoms with van der Waals surface area (Å²) in [6.45, 7) is 9.33. The maximum atomic E-state index is 2.58. The van der Waals surface area contributed by atoms with Gasteiger partial charge in [0.15, 0.2) is 0 Å². The van der Waals surface area contributed by atoms with E-state index in [1.807, 2.05) is 0 Å². The monoisotopic (exact) mass is 266 g/mol. The lowest BCUT2D eigenvalue weighted by Crippen LogP contribution is -2.39. The van der Waals surface area contributed by atoms with E-state index in [1.54, 1.807) is 0 Å². The minimum atomic E-state index is 0.648. The zero-order chi connectivity index (χ0) is 13.9. The van der Waals surface area contributed by atoms with Gasteiger partial charge in [0.25, 0.3) is 0 Å². The van der Waals surface area contributed by atoms with Gasteiger partial charge in [-0.05, 0) is 25.7 Å². The van der Waals surface area contributed by atoms with Crippen molar-refractivity contribution in [2.75, 3.05) is 13.1 Å². The molecule has 1 rings (SSSR count). The van der Waals surface area contributed by atoms with E-state index in [2.05, 4.69) is 43.0 Å². The van der Waals surface area contributed by atoms with Gasteiger partial charge in [0.1, 0.15) is 6.17 Å². The van der Waals surface area contributed by atoms with Gasteiger partial charge in [-0.3, -0.25) is 0 Å². The average Bonchev–Trinajstić information content (AvgIpc) is 2.80. The van der Waals surface area contributed by atoms with Crippen molar-refractivity contribution < 1.29 is 0 Å². The molecule has 0 N–H and O–H groups in total. The van der Waals surface area contributed by atoms with Crippen LogP contribution in [0.5, 0.6) is 0 Å². The molecule has 1 atom stereocenters. The van der Waals surface area contributed by atoms with Gasteiger partial charge in [-0.25, -0.2) is 0 Å². The standard InChI is InChI=1S/C17H34N2/c1-4-7-10-12-17-18(13-9-6-3)15-16-19(17)14-11-8-5-2/h15-17H,4-14H2,1-3H3. The molecule has 0 fully saturated rings. The number of hydrogen-bond acceptors (Lipinski definition) is 2. The molecule has 0 aromatic heterocycles. The molecule has 19 heavy (non-hydrogen) atoms. The Balaban J connectivity index is 2.41. The maximum Gasteiger partial charge on any atom is 0.101 e. The lowest BCUT2D eigenvalue weighted by molar-refractivity contribution is 0.136. The smallest absolute Gasteiger partial charge is 0.101 e. The van der Waals surface area contributed by atoms with Crippen molar-refractivity contribution in [1.29, 1.82) is 0 Å². The van der Waals surface area contributed by atoms with Crippen LogP contribution in [0.15, 0.2) is 12.4 Å². The molecule has 2 heteroatoms. The topological polar surface area (TPSA) is 6.48 Å². The summed E-state index contributed by atoms with van der Waals surface area (Å²) >= 11 is 0. The van der Waals surface area contributed by atoms with Crippen LogP contribution < -0.4 is 0 Å². The second-order valence-electron chi connectivity index (χ2n) is 5.81. The Bertz CT molecular complexity index is 237. The largest absolute Gasteiger partial charge is 0.356 e. The summed E-state index contributed by atoms with van der Waals surface area (Å²) in [6, 6.07) is 0. The molecule has 0 spiro atoms. The highest BCUT2D eigenvalue weighted by Gasteiger charge is 2.24. The van der Waals surface area contributed by atoms with Crippen molar-refractivity contribution in [3.05, 3.63) is 12.4 Å². The first kappa shape index (κ1) is 16.4. The summed E-state index contributed by atoms with van der Waals surface area (Å²) in [7, 11) is 0. The molecule has 0 saturated carbocycles. The fourth-order valence-electron chi connectivity index (χ4n) is 2.80. The lowest BCUT2D eigenvalue weighted by Gasteiger charge is -2.33. The molecule has 0 aliphatic carbocycles. The van der Waals surface area contributed by atoms with Gasteiger partial charge in [0.05, 0.1) is 0 Å². The Morgan fingerprint density at radius 3 is 1.79 bits per heavy atom. The van der Waals surface area contributed by atoms with Gasteiger partial charge < -0.3 is 9.80 Å². The molecule has 1 aliphatic rings. The van der Waals surface area contributed by atoms with Crippen LogP contribution in [0.3, 0.4) is 0 Å². The minimum Gasteiger partial charge on any atom is -0.356 e. The van der Waals surface area contributed by atoms with Crippen LogP contribution in [0, 0.1) is 0 Å². The van der Waals surface area contributed by atoms with Crippen LogP contribution in [0.2, 0.25) is 0 Å². The van der Waals surface area contributed by atoms with E-state index in [4.69, 9.17) is 0 Å². The zero-order valence-electron chi connectivity index (χ0n) is 13.4. The summed E-state index contributed by atoms with van der Waals surface area (Å²) in [5.74, 6) is 0. The third-order valence-electron chi connectivity index (χ3n) is 4.07. The summed E-state index contributed by atoms with van der Waals surface area (Å²) in [6.07, 6.45) is 17.3. The molecule has 1 unspecified atom stereocenters. The van der Waals surface area contributed by atoms with Crippen molar-refractivity contribution in [1.82, 2.24) is 9.80 Å². The van der Waals surface area contributed by atoms with E-state index in [9.17, 15) is 0 Å². The van der Waals surface area contributed by atoms with Crippen molar-refractivity contribution in [3.8, 4) is 0 Å².